The maximum Gasteiger partial charge on any atom is 0.203 e. The first-order chi connectivity index (χ1) is 9.70. The summed E-state index contributed by atoms with van der Waals surface area (Å²) in [5.74, 6) is 0.869. The van der Waals surface area contributed by atoms with Crippen LogP contribution in [0.4, 0.5) is 5.95 Å². The van der Waals surface area contributed by atoms with Crippen LogP contribution in [0, 0.1) is 0 Å². The number of ether oxygens (including phenoxy) is 1. The van der Waals surface area contributed by atoms with Gasteiger partial charge in [0.05, 0.1) is 6.04 Å². The average molecular weight is 294 g/mol. The molecule has 4 nitrogen and oxygen atoms in total. The number of aryl methyl sites for hydroxylation is 1. The van der Waals surface area contributed by atoms with Gasteiger partial charge in [0.2, 0.25) is 5.95 Å². The molecule has 0 radical (unpaired) electrons. The van der Waals surface area contributed by atoms with E-state index in [1.165, 1.54) is 0 Å². The number of rotatable bonds is 7. The van der Waals surface area contributed by atoms with Crippen molar-refractivity contribution < 1.29 is 4.74 Å². The molecule has 0 saturated carbocycles. The van der Waals surface area contributed by atoms with Crippen LogP contribution in [-0.4, -0.2) is 23.3 Å². The van der Waals surface area contributed by atoms with Crippen LogP contribution >= 0.6 is 11.6 Å². The first-order valence-corrected chi connectivity index (χ1v) is 7.10. The van der Waals surface area contributed by atoms with E-state index in [1.54, 1.807) is 13.3 Å². The third-order valence-electron chi connectivity index (χ3n) is 3.16. The Hall–Kier alpha value is -1.52. The van der Waals surface area contributed by atoms with E-state index in [2.05, 4.69) is 27.9 Å². The van der Waals surface area contributed by atoms with Gasteiger partial charge in [-0.2, -0.15) is 0 Å². The molecule has 0 saturated heterocycles. The first-order valence-electron chi connectivity index (χ1n) is 6.73. The molecule has 0 spiro atoms. The summed E-state index contributed by atoms with van der Waals surface area (Å²) in [6.45, 7) is 3.74. The molecule has 0 aliphatic heterocycles. The summed E-state index contributed by atoms with van der Waals surface area (Å²) in [5, 5.41) is 4.16. The minimum Gasteiger partial charge on any atom is -0.385 e. The molecule has 1 atom stereocenters. The maximum absolute atomic E-state index is 6.02. The molecular weight excluding hydrogens is 274 g/mol. The van der Waals surface area contributed by atoms with Crippen molar-refractivity contribution in [3.8, 4) is 0 Å². The van der Waals surface area contributed by atoms with Gasteiger partial charge < -0.3 is 14.6 Å². The number of nitrogens with one attached hydrogen (secondary N) is 1. The van der Waals surface area contributed by atoms with E-state index < -0.39 is 0 Å². The summed E-state index contributed by atoms with van der Waals surface area (Å²) >= 11 is 6.02. The van der Waals surface area contributed by atoms with Gasteiger partial charge in [0.25, 0.3) is 0 Å². The summed E-state index contributed by atoms with van der Waals surface area (Å²) in [6.07, 6.45) is 4.75. The lowest BCUT2D eigenvalue weighted by Crippen LogP contribution is -2.12. The van der Waals surface area contributed by atoms with Crippen molar-refractivity contribution >= 4 is 17.5 Å². The molecule has 0 aliphatic rings. The quantitative estimate of drug-likeness (QED) is 0.790. The molecular formula is C15H20ClN3O. The van der Waals surface area contributed by atoms with Crippen molar-refractivity contribution in [2.24, 2.45) is 0 Å². The molecule has 1 aromatic carbocycles. The summed E-state index contributed by atoms with van der Waals surface area (Å²) in [7, 11) is 1.72. The molecule has 1 aromatic heterocycles. The molecule has 2 rings (SSSR count). The molecule has 0 amide bonds. The van der Waals surface area contributed by atoms with Crippen LogP contribution in [0.15, 0.2) is 36.7 Å². The van der Waals surface area contributed by atoms with Crippen LogP contribution in [0.1, 0.15) is 24.9 Å². The summed E-state index contributed by atoms with van der Waals surface area (Å²) in [4.78, 5) is 4.36. The van der Waals surface area contributed by atoms with Gasteiger partial charge in [0.1, 0.15) is 0 Å². The number of aromatic nitrogens is 2. The molecule has 2 aromatic rings. The van der Waals surface area contributed by atoms with Gasteiger partial charge in [-0.15, -0.1) is 0 Å². The zero-order valence-electron chi connectivity index (χ0n) is 11.8. The number of benzene rings is 1. The van der Waals surface area contributed by atoms with Crippen molar-refractivity contribution in [3.63, 3.8) is 0 Å². The number of hydrogen-bond acceptors (Lipinski definition) is 3. The maximum atomic E-state index is 6.02. The van der Waals surface area contributed by atoms with Crippen LogP contribution < -0.4 is 5.32 Å². The summed E-state index contributed by atoms with van der Waals surface area (Å²) in [6, 6.07) is 8.01. The summed E-state index contributed by atoms with van der Waals surface area (Å²) < 4.78 is 7.17. The van der Waals surface area contributed by atoms with Crippen LogP contribution in [0.2, 0.25) is 5.02 Å². The fourth-order valence-corrected chi connectivity index (χ4v) is 2.26. The van der Waals surface area contributed by atoms with E-state index in [9.17, 15) is 0 Å². The van der Waals surface area contributed by atoms with E-state index in [1.807, 2.05) is 24.4 Å². The van der Waals surface area contributed by atoms with E-state index in [4.69, 9.17) is 16.3 Å². The standard InChI is InChI=1S/C15H20ClN3O/c1-12(13-5-3-6-14(16)11-13)18-15-17-7-9-19(15)8-4-10-20-2/h3,5-7,9,11-12H,4,8,10H2,1-2H3,(H,17,18). The van der Waals surface area contributed by atoms with Crippen LogP contribution in [0.25, 0.3) is 0 Å². The lowest BCUT2D eigenvalue weighted by atomic mass is 10.1. The molecule has 108 valence electrons. The highest BCUT2D eigenvalue weighted by atomic mass is 35.5. The van der Waals surface area contributed by atoms with Crippen molar-refractivity contribution in [1.29, 1.82) is 0 Å². The number of halogens is 1. The number of imidazole rings is 1. The molecule has 0 aliphatic carbocycles. The highest BCUT2D eigenvalue weighted by Crippen LogP contribution is 2.21. The molecule has 5 heteroatoms. The van der Waals surface area contributed by atoms with Crippen molar-refractivity contribution in [2.75, 3.05) is 19.0 Å². The molecule has 0 fully saturated rings. The number of hydrogen-bond donors (Lipinski definition) is 1. The van der Waals surface area contributed by atoms with E-state index in [0.717, 1.165) is 36.1 Å². The predicted molar refractivity (Wildman–Crippen MR) is 82.2 cm³/mol. The van der Waals surface area contributed by atoms with Crippen LogP contribution in [0.5, 0.6) is 0 Å². The molecule has 1 heterocycles. The third-order valence-corrected chi connectivity index (χ3v) is 3.39. The summed E-state index contributed by atoms with van der Waals surface area (Å²) in [5.41, 5.74) is 1.14. The van der Waals surface area contributed by atoms with Gasteiger partial charge in [-0.3, -0.25) is 0 Å². The van der Waals surface area contributed by atoms with Crippen LogP contribution in [0.3, 0.4) is 0 Å². The lowest BCUT2D eigenvalue weighted by molar-refractivity contribution is 0.190. The largest absolute Gasteiger partial charge is 0.385 e. The molecule has 0 bridgehead atoms. The van der Waals surface area contributed by atoms with Gasteiger partial charge in [0.15, 0.2) is 0 Å². The Bertz CT molecular complexity index is 541. The molecule has 1 unspecified atom stereocenters. The van der Waals surface area contributed by atoms with Crippen molar-refractivity contribution in [2.45, 2.75) is 25.9 Å². The zero-order chi connectivity index (χ0) is 14.4. The van der Waals surface area contributed by atoms with Gasteiger partial charge in [-0.05, 0) is 31.0 Å². The van der Waals surface area contributed by atoms with Gasteiger partial charge >= 0.3 is 0 Å². The Morgan fingerprint density at radius 1 is 1.45 bits per heavy atom. The Labute approximate surface area is 124 Å². The average Bonchev–Trinajstić information content (AvgIpc) is 2.86. The fourth-order valence-electron chi connectivity index (χ4n) is 2.06. The van der Waals surface area contributed by atoms with E-state index in [0.29, 0.717) is 0 Å². The highest BCUT2D eigenvalue weighted by molar-refractivity contribution is 6.30. The normalized spacial score (nSPS) is 12.3. The molecule has 20 heavy (non-hydrogen) atoms. The van der Waals surface area contributed by atoms with Crippen molar-refractivity contribution in [1.82, 2.24) is 9.55 Å². The number of methoxy groups -OCH3 is 1. The Kier molecular flexibility index (Phi) is 5.44. The second-order valence-electron chi connectivity index (χ2n) is 4.71. The SMILES string of the molecule is COCCCn1ccnc1NC(C)c1cccc(Cl)c1. The minimum atomic E-state index is 0.150. The Balaban J connectivity index is 2.01. The second-order valence-corrected chi connectivity index (χ2v) is 5.15. The fraction of sp³-hybridized carbons (Fsp3) is 0.400. The van der Waals surface area contributed by atoms with Gasteiger partial charge in [-0.1, -0.05) is 23.7 Å². The first kappa shape index (κ1) is 14.9. The monoisotopic (exact) mass is 293 g/mol. The Morgan fingerprint density at radius 2 is 2.30 bits per heavy atom. The topological polar surface area (TPSA) is 39.1 Å². The van der Waals surface area contributed by atoms with Crippen molar-refractivity contribution in [3.05, 3.63) is 47.2 Å². The minimum absolute atomic E-state index is 0.150. The Morgan fingerprint density at radius 3 is 3.05 bits per heavy atom. The highest BCUT2D eigenvalue weighted by Gasteiger charge is 2.09. The number of anilines is 1. The van der Waals surface area contributed by atoms with Gasteiger partial charge in [-0.25, -0.2) is 4.98 Å². The van der Waals surface area contributed by atoms with E-state index >= 15 is 0 Å². The predicted octanol–water partition coefficient (Wildman–Crippen LogP) is 3.75. The van der Waals surface area contributed by atoms with Gasteiger partial charge in [0, 0.05) is 37.7 Å². The lowest BCUT2D eigenvalue weighted by Gasteiger charge is -2.16. The van der Waals surface area contributed by atoms with E-state index in [-0.39, 0.29) is 6.04 Å². The zero-order valence-corrected chi connectivity index (χ0v) is 12.6. The third kappa shape index (κ3) is 3.99. The second kappa shape index (κ2) is 7.31. The van der Waals surface area contributed by atoms with Crippen LogP contribution in [-0.2, 0) is 11.3 Å². The molecule has 1 N–H and O–H groups in total. The number of nitrogens with zero attached hydrogens (tertiary/aromatic N) is 2. The smallest absolute Gasteiger partial charge is 0.203 e.